The molecule has 1 nitrogen and oxygen atoms in total. The van der Waals surface area contributed by atoms with E-state index in [4.69, 9.17) is 4.43 Å². The summed E-state index contributed by atoms with van der Waals surface area (Å²) < 4.78 is 7.58. The van der Waals surface area contributed by atoms with E-state index >= 15 is 0 Å². The molecule has 0 unspecified atom stereocenters. The molecular formula is C46H54OPSi+. The first-order valence-electron chi connectivity index (χ1n) is 18.1. The number of unbranched alkanes of at least 4 members (excludes halogenated alkanes) is 2. The number of benzene rings is 5. The van der Waals surface area contributed by atoms with E-state index in [1.54, 1.807) is 0 Å². The van der Waals surface area contributed by atoms with Gasteiger partial charge in [-0.1, -0.05) is 187 Å². The lowest BCUT2D eigenvalue weighted by atomic mass is 10.1. The van der Waals surface area contributed by atoms with Crippen LogP contribution in [0.2, 0.25) is 5.04 Å². The lowest BCUT2D eigenvalue weighted by molar-refractivity contribution is 0.218. The summed E-state index contributed by atoms with van der Waals surface area (Å²) in [6.45, 7) is 9.38. The SMILES string of the molecule is CCCCC[C@@H](/C=C/C=C/CC[P+](c1ccccc1)(c1ccccc1)c1ccccc1)O[Si](c1ccccc1)(c1ccccc1)C(C)(C)C. The molecule has 0 saturated heterocycles. The summed E-state index contributed by atoms with van der Waals surface area (Å²) in [6, 6.07) is 55.6. The third kappa shape index (κ3) is 8.68. The van der Waals surface area contributed by atoms with Gasteiger partial charge in [-0.05, 0) is 58.2 Å². The molecule has 0 N–H and O–H groups in total. The summed E-state index contributed by atoms with van der Waals surface area (Å²) >= 11 is 0. The first-order chi connectivity index (χ1) is 23.9. The molecular weight excluding hydrogens is 628 g/mol. The van der Waals surface area contributed by atoms with Crippen molar-refractivity contribution in [2.75, 3.05) is 6.16 Å². The van der Waals surface area contributed by atoms with Gasteiger partial charge in [-0.2, -0.15) is 0 Å². The lowest BCUT2D eigenvalue weighted by Gasteiger charge is -2.45. The van der Waals surface area contributed by atoms with E-state index in [1.165, 1.54) is 39.1 Å². The highest BCUT2D eigenvalue weighted by molar-refractivity contribution is 7.95. The Morgan fingerprint density at radius 3 is 1.43 bits per heavy atom. The van der Waals surface area contributed by atoms with E-state index in [1.807, 2.05) is 0 Å². The van der Waals surface area contributed by atoms with Crippen molar-refractivity contribution in [3.8, 4) is 0 Å². The fourth-order valence-electron chi connectivity index (χ4n) is 7.22. The molecule has 0 aromatic heterocycles. The second-order valence-corrected chi connectivity index (χ2v) is 21.8. The van der Waals surface area contributed by atoms with Gasteiger partial charge in [0.05, 0.1) is 12.3 Å². The predicted molar refractivity (Wildman–Crippen MR) is 220 cm³/mol. The summed E-state index contributed by atoms with van der Waals surface area (Å²) in [7, 11) is -4.50. The largest absolute Gasteiger partial charge is 0.401 e. The molecule has 5 aromatic carbocycles. The molecule has 0 bridgehead atoms. The minimum absolute atomic E-state index is 0.0343. The van der Waals surface area contributed by atoms with E-state index in [-0.39, 0.29) is 11.1 Å². The molecule has 1 atom stereocenters. The van der Waals surface area contributed by atoms with Crippen molar-refractivity contribution in [1.82, 2.24) is 0 Å². The highest BCUT2D eigenvalue weighted by Gasteiger charge is 2.51. The average molecular weight is 682 g/mol. The van der Waals surface area contributed by atoms with Crippen LogP contribution in [-0.4, -0.2) is 20.6 Å². The molecule has 0 spiro atoms. The van der Waals surface area contributed by atoms with Gasteiger partial charge in [0.25, 0.3) is 8.32 Å². The molecule has 0 heterocycles. The summed E-state index contributed by atoms with van der Waals surface area (Å²) in [6.07, 6.45) is 15.9. The predicted octanol–water partition coefficient (Wildman–Crippen LogP) is 10.0. The second-order valence-electron chi connectivity index (χ2n) is 14.0. The van der Waals surface area contributed by atoms with E-state index in [9.17, 15) is 0 Å². The van der Waals surface area contributed by atoms with Crippen molar-refractivity contribution >= 4 is 41.9 Å². The molecule has 0 fully saturated rings. The third-order valence-electron chi connectivity index (χ3n) is 9.63. The number of rotatable bonds is 16. The van der Waals surface area contributed by atoms with Crippen LogP contribution in [0.25, 0.3) is 0 Å². The van der Waals surface area contributed by atoms with Crippen LogP contribution in [0.1, 0.15) is 59.8 Å². The Bertz CT molecular complexity index is 1580. The Balaban J connectivity index is 1.44. The van der Waals surface area contributed by atoms with Gasteiger partial charge in [0, 0.05) is 6.42 Å². The smallest absolute Gasteiger partial charge is 0.261 e. The number of hydrogen-bond acceptors (Lipinski definition) is 1. The van der Waals surface area contributed by atoms with Gasteiger partial charge in [0.15, 0.2) is 0 Å². The zero-order valence-corrected chi connectivity index (χ0v) is 31.8. The monoisotopic (exact) mass is 681 g/mol. The maximum absolute atomic E-state index is 7.58. The van der Waals surface area contributed by atoms with Crippen LogP contribution in [0.4, 0.5) is 0 Å². The van der Waals surface area contributed by atoms with E-state index in [2.05, 4.69) is 204 Å². The first kappa shape index (κ1) is 36.5. The van der Waals surface area contributed by atoms with Crippen LogP contribution in [-0.2, 0) is 4.43 Å². The highest BCUT2D eigenvalue weighted by atomic mass is 31.2. The van der Waals surface area contributed by atoms with Gasteiger partial charge in [0.1, 0.15) is 23.2 Å². The Kier molecular flexibility index (Phi) is 13.2. The van der Waals surface area contributed by atoms with Crippen LogP contribution in [0, 0.1) is 0 Å². The van der Waals surface area contributed by atoms with Gasteiger partial charge in [-0.25, -0.2) is 0 Å². The van der Waals surface area contributed by atoms with Crippen molar-refractivity contribution < 1.29 is 4.43 Å². The number of hydrogen-bond donors (Lipinski definition) is 0. The van der Waals surface area contributed by atoms with Crippen molar-refractivity contribution in [1.29, 1.82) is 0 Å². The van der Waals surface area contributed by atoms with Crippen molar-refractivity contribution in [3.05, 3.63) is 176 Å². The fraction of sp³-hybridized carbons (Fsp3) is 0.261. The molecule has 5 rings (SSSR count). The topological polar surface area (TPSA) is 9.23 Å². The Labute approximate surface area is 298 Å². The van der Waals surface area contributed by atoms with E-state index in [0.29, 0.717) is 0 Å². The maximum atomic E-state index is 7.58. The van der Waals surface area contributed by atoms with Crippen LogP contribution < -0.4 is 26.3 Å². The van der Waals surface area contributed by atoms with Gasteiger partial charge in [-0.3, -0.25) is 0 Å². The van der Waals surface area contributed by atoms with Gasteiger partial charge >= 0.3 is 0 Å². The minimum Gasteiger partial charge on any atom is -0.401 e. The van der Waals surface area contributed by atoms with Crippen LogP contribution in [0.3, 0.4) is 0 Å². The first-order valence-corrected chi connectivity index (χ1v) is 22.0. The van der Waals surface area contributed by atoms with Crippen LogP contribution in [0.15, 0.2) is 176 Å². The Morgan fingerprint density at radius 2 is 1.02 bits per heavy atom. The zero-order chi connectivity index (χ0) is 34.4. The molecule has 0 aliphatic heterocycles. The normalized spacial score (nSPS) is 13.2. The summed E-state index contributed by atoms with van der Waals surface area (Å²) in [5.41, 5.74) is 0. The van der Waals surface area contributed by atoms with E-state index in [0.717, 1.165) is 25.4 Å². The van der Waals surface area contributed by atoms with E-state index < -0.39 is 15.6 Å². The Hall–Kier alpha value is -3.81. The molecule has 0 aliphatic rings. The molecule has 49 heavy (non-hydrogen) atoms. The standard InChI is InChI=1S/C46H54OPSi/c1-5-6-14-27-40(47-49(46(2,3)4,44-35-22-12-23-36-44)45-37-24-13-25-38-45)28-15-7-8-26-39-48(41-29-16-9-17-30-41,42-31-18-10-19-32-42)43-33-20-11-21-34-43/h7-13,15-25,28-38,40H,5-6,14,26-27,39H2,1-4H3/q+1/b8-7+,28-15+/t40-/m0/s1. The second kappa shape index (κ2) is 17.7. The molecule has 3 heteroatoms. The maximum Gasteiger partial charge on any atom is 0.261 e. The average Bonchev–Trinajstić information content (AvgIpc) is 3.15. The van der Waals surface area contributed by atoms with Gasteiger partial charge in [-0.15, -0.1) is 0 Å². The van der Waals surface area contributed by atoms with Crippen LogP contribution in [0.5, 0.6) is 0 Å². The van der Waals surface area contributed by atoms with Gasteiger partial charge < -0.3 is 4.43 Å². The van der Waals surface area contributed by atoms with Crippen LogP contribution >= 0.6 is 7.26 Å². The highest BCUT2D eigenvalue weighted by Crippen LogP contribution is 2.55. The summed E-state index contributed by atoms with van der Waals surface area (Å²) in [4.78, 5) is 0. The quantitative estimate of drug-likeness (QED) is 0.0436. The minimum atomic E-state index is -2.66. The Morgan fingerprint density at radius 1 is 0.592 bits per heavy atom. The van der Waals surface area contributed by atoms with Crippen molar-refractivity contribution in [3.63, 3.8) is 0 Å². The zero-order valence-electron chi connectivity index (χ0n) is 29.9. The molecule has 0 saturated carbocycles. The molecule has 252 valence electrons. The van der Waals surface area contributed by atoms with Crippen molar-refractivity contribution in [2.24, 2.45) is 0 Å². The number of allylic oxidation sites excluding steroid dienone is 3. The van der Waals surface area contributed by atoms with Crippen molar-refractivity contribution in [2.45, 2.75) is 70.9 Å². The molecule has 0 aliphatic carbocycles. The molecule has 5 aromatic rings. The summed E-state index contributed by atoms with van der Waals surface area (Å²) in [5, 5.41) is 6.92. The summed E-state index contributed by atoms with van der Waals surface area (Å²) in [5.74, 6) is 0. The molecule has 0 radical (unpaired) electrons. The third-order valence-corrected chi connectivity index (χ3v) is 19.2. The molecule has 0 amide bonds. The fourth-order valence-corrected chi connectivity index (χ4v) is 16.1. The van der Waals surface area contributed by atoms with Gasteiger partial charge in [0.2, 0.25) is 0 Å². The lowest BCUT2D eigenvalue weighted by Crippen LogP contribution is -2.67.